The fourth-order valence-electron chi connectivity index (χ4n) is 1.71. The third-order valence-corrected chi connectivity index (χ3v) is 3.37. The number of carboxylic acids is 1. The average Bonchev–Trinajstić information content (AvgIpc) is 2.37. The lowest BCUT2D eigenvalue weighted by molar-refractivity contribution is -0.147. The molecule has 0 aliphatic rings. The standard InChI is InChI=1S/C15H22N2O3/c1-15(2,14(19)20)17(5)13(18)12-8-6-11(7-9-12)10-16(3)4/h6-9H,10H2,1-5H3,(H,19,20). The molecule has 110 valence electrons. The first-order valence-corrected chi connectivity index (χ1v) is 6.41. The predicted octanol–water partition coefficient (Wildman–Crippen LogP) is 1.68. The van der Waals surface area contributed by atoms with Gasteiger partial charge in [0.25, 0.3) is 5.91 Å². The normalized spacial score (nSPS) is 11.5. The van der Waals surface area contributed by atoms with Gasteiger partial charge in [-0.25, -0.2) is 4.79 Å². The van der Waals surface area contributed by atoms with Gasteiger partial charge in [-0.05, 0) is 45.6 Å². The zero-order chi connectivity index (χ0) is 15.5. The molecule has 0 unspecified atom stereocenters. The van der Waals surface area contributed by atoms with Crippen LogP contribution in [-0.4, -0.2) is 53.5 Å². The van der Waals surface area contributed by atoms with Crippen LogP contribution in [0.1, 0.15) is 29.8 Å². The van der Waals surface area contributed by atoms with Crippen LogP contribution in [0.5, 0.6) is 0 Å². The minimum atomic E-state index is -1.24. The Kier molecular flexibility index (Phi) is 4.89. The van der Waals surface area contributed by atoms with E-state index in [0.717, 1.165) is 12.1 Å². The number of carbonyl (C=O) groups is 2. The van der Waals surface area contributed by atoms with Crippen molar-refractivity contribution in [2.75, 3.05) is 21.1 Å². The van der Waals surface area contributed by atoms with Crippen molar-refractivity contribution in [3.63, 3.8) is 0 Å². The number of carboxylic acid groups (broad SMARTS) is 1. The second kappa shape index (κ2) is 6.05. The molecule has 0 saturated carbocycles. The Morgan fingerprint density at radius 2 is 1.60 bits per heavy atom. The van der Waals surface area contributed by atoms with Crippen LogP contribution in [0.3, 0.4) is 0 Å². The van der Waals surface area contributed by atoms with Crippen molar-refractivity contribution in [3.05, 3.63) is 35.4 Å². The van der Waals surface area contributed by atoms with Crippen LogP contribution in [0.25, 0.3) is 0 Å². The molecule has 1 aromatic rings. The van der Waals surface area contributed by atoms with E-state index in [1.54, 1.807) is 12.1 Å². The van der Waals surface area contributed by atoms with Crippen molar-refractivity contribution in [2.45, 2.75) is 25.9 Å². The van der Waals surface area contributed by atoms with Crippen LogP contribution in [0.4, 0.5) is 0 Å². The highest BCUT2D eigenvalue weighted by atomic mass is 16.4. The number of hydrogen-bond donors (Lipinski definition) is 1. The maximum absolute atomic E-state index is 12.3. The average molecular weight is 278 g/mol. The largest absolute Gasteiger partial charge is 0.480 e. The van der Waals surface area contributed by atoms with E-state index in [1.165, 1.54) is 25.8 Å². The van der Waals surface area contributed by atoms with E-state index in [1.807, 2.05) is 31.1 Å². The number of nitrogens with zero attached hydrogens (tertiary/aromatic N) is 2. The molecule has 5 nitrogen and oxygen atoms in total. The number of aliphatic carboxylic acids is 1. The van der Waals surface area contributed by atoms with E-state index in [9.17, 15) is 9.59 Å². The summed E-state index contributed by atoms with van der Waals surface area (Å²) < 4.78 is 0. The van der Waals surface area contributed by atoms with Crippen LogP contribution in [0.15, 0.2) is 24.3 Å². The number of rotatable bonds is 5. The van der Waals surface area contributed by atoms with Gasteiger partial charge in [0.2, 0.25) is 0 Å². The van der Waals surface area contributed by atoms with Crippen LogP contribution in [-0.2, 0) is 11.3 Å². The quantitative estimate of drug-likeness (QED) is 0.890. The van der Waals surface area contributed by atoms with E-state index in [2.05, 4.69) is 0 Å². The van der Waals surface area contributed by atoms with Crippen molar-refractivity contribution >= 4 is 11.9 Å². The van der Waals surface area contributed by atoms with E-state index in [0.29, 0.717) is 5.56 Å². The Morgan fingerprint density at radius 3 is 2.00 bits per heavy atom. The van der Waals surface area contributed by atoms with E-state index < -0.39 is 11.5 Å². The van der Waals surface area contributed by atoms with E-state index >= 15 is 0 Å². The SMILES string of the molecule is CN(C)Cc1ccc(C(=O)N(C)C(C)(C)C(=O)O)cc1. The van der Waals surface area contributed by atoms with Crippen LogP contribution in [0, 0.1) is 0 Å². The minimum absolute atomic E-state index is 0.297. The highest BCUT2D eigenvalue weighted by molar-refractivity contribution is 5.97. The topological polar surface area (TPSA) is 60.9 Å². The van der Waals surface area contributed by atoms with Gasteiger partial charge in [0.1, 0.15) is 5.54 Å². The van der Waals surface area contributed by atoms with Gasteiger partial charge >= 0.3 is 5.97 Å². The lowest BCUT2D eigenvalue weighted by Crippen LogP contribution is -2.50. The molecule has 0 aliphatic carbocycles. The Balaban J connectivity index is 2.90. The molecule has 0 atom stereocenters. The molecular formula is C15H22N2O3. The van der Waals surface area contributed by atoms with Gasteiger partial charge in [0.05, 0.1) is 0 Å². The van der Waals surface area contributed by atoms with Crippen LogP contribution < -0.4 is 0 Å². The third-order valence-electron chi connectivity index (χ3n) is 3.37. The molecule has 0 aromatic heterocycles. The fraction of sp³-hybridized carbons (Fsp3) is 0.467. The van der Waals surface area contributed by atoms with Gasteiger partial charge in [-0.3, -0.25) is 4.79 Å². The molecule has 0 heterocycles. The summed E-state index contributed by atoms with van der Waals surface area (Å²) in [5.41, 5.74) is 0.357. The maximum Gasteiger partial charge on any atom is 0.329 e. The minimum Gasteiger partial charge on any atom is -0.480 e. The number of carbonyl (C=O) groups excluding carboxylic acids is 1. The second-order valence-electron chi connectivity index (χ2n) is 5.66. The van der Waals surface area contributed by atoms with Crippen molar-refractivity contribution in [1.82, 2.24) is 9.80 Å². The molecule has 1 aromatic carbocycles. The summed E-state index contributed by atoms with van der Waals surface area (Å²) in [5.74, 6) is -1.33. The van der Waals surface area contributed by atoms with Crippen molar-refractivity contribution in [2.24, 2.45) is 0 Å². The monoisotopic (exact) mass is 278 g/mol. The zero-order valence-electron chi connectivity index (χ0n) is 12.7. The van der Waals surface area contributed by atoms with Crippen LogP contribution >= 0.6 is 0 Å². The smallest absolute Gasteiger partial charge is 0.329 e. The molecule has 0 aliphatic heterocycles. The molecule has 0 spiro atoms. The summed E-state index contributed by atoms with van der Waals surface area (Å²) in [6, 6.07) is 7.23. The fourth-order valence-corrected chi connectivity index (χ4v) is 1.71. The van der Waals surface area contributed by atoms with Crippen LogP contribution in [0.2, 0.25) is 0 Å². The Morgan fingerprint density at radius 1 is 1.10 bits per heavy atom. The predicted molar refractivity (Wildman–Crippen MR) is 77.6 cm³/mol. The maximum atomic E-state index is 12.3. The molecule has 5 heteroatoms. The number of amides is 1. The van der Waals surface area contributed by atoms with Crippen molar-refractivity contribution < 1.29 is 14.7 Å². The lowest BCUT2D eigenvalue weighted by atomic mass is 10.0. The first kappa shape index (κ1) is 16.2. The molecule has 1 amide bonds. The van der Waals surface area contributed by atoms with E-state index in [4.69, 9.17) is 5.11 Å². The summed E-state index contributed by atoms with van der Waals surface area (Å²) in [4.78, 5) is 26.7. The van der Waals surface area contributed by atoms with Gasteiger partial charge in [-0.1, -0.05) is 12.1 Å². The highest BCUT2D eigenvalue weighted by Gasteiger charge is 2.35. The molecular weight excluding hydrogens is 256 g/mol. The first-order valence-electron chi connectivity index (χ1n) is 6.41. The van der Waals surface area contributed by atoms with Gasteiger partial charge in [0, 0.05) is 19.2 Å². The number of likely N-dealkylation sites (N-methyl/N-ethyl adjacent to an activating group) is 1. The summed E-state index contributed by atoms with van der Waals surface area (Å²) in [5, 5.41) is 9.15. The molecule has 0 fully saturated rings. The summed E-state index contributed by atoms with van der Waals surface area (Å²) in [6.45, 7) is 3.81. The number of hydrogen-bond acceptors (Lipinski definition) is 3. The van der Waals surface area contributed by atoms with Gasteiger partial charge in [-0.2, -0.15) is 0 Å². The summed E-state index contributed by atoms with van der Waals surface area (Å²) in [6.07, 6.45) is 0. The Bertz CT molecular complexity index is 492. The zero-order valence-corrected chi connectivity index (χ0v) is 12.7. The molecule has 0 radical (unpaired) electrons. The lowest BCUT2D eigenvalue weighted by Gasteiger charge is -2.31. The number of benzene rings is 1. The molecule has 0 bridgehead atoms. The van der Waals surface area contributed by atoms with Gasteiger partial charge in [0.15, 0.2) is 0 Å². The molecule has 1 rings (SSSR count). The Hall–Kier alpha value is -1.88. The summed E-state index contributed by atoms with van der Waals surface area (Å²) >= 11 is 0. The molecule has 1 N–H and O–H groups in total. The first-order chi connectivity index (χ1) is 9.16. The van der Waals surface area contributed by atoms with Gasteiger partial charge < -0.3 is 14.9 Å². The third kappa shape index (κ3) is 3.57. The second-order valence-corrected chi connectivity index (χ2v) is 5.66. The van der Waals surface area contributed by atoms with Gasteiger partial charge in [-0.15, -0.1) is 0 Å². The van der Waals surface area contributed by atoms with Crippen molar-refractivity contribution in [1.29, 1.82) is 0 Å². The van der Waals surface area contributed by atoms with Crippen molar-refractivity contribution in [3.8, 4) is 0 Å². The molecule has 0 saturated heterocycles. The molecule has 20 heavy (non-hydrogen) atoms. The summed E-state index contributed by atoms with van der Waals surface area (Å²) in [7, 11) is 5.45. The highest BCUT2D eigenvalue weighted by Crippen LogP contribution is 2.17. The van der Waals surface area contributed by atoms with E-state index in [-0.39, 0.29) is 5.91 Å². The Labute approximate surface area is 119 Å².